The number of aryl methyl sites for hydroxylation is 1. The number of aliphatic hydroxyl groups is 1. The minimum atomic E-state index is -0.294. The Hall–Kier alpha value is -1.06. The Morgan fingerprint density at radius 1 is 1.39 bits per heavy atom. The number of aliphatic hydroxyl groups excluding tert-OH is 1. The van der Waals surface area contributed by atoms with Crippen molar-refractivity contribution >= 4 is 0 Å². The summed E-state index contributed by atoms with van der Waals surface area (Å²) in [5.41, 5.74) is 2.12. The van der Waals surface area contributed by atoms with E-state index in [9.17, 15) is 5.11 Å². The van der Waals surface area contributed by atoms with Crippen LogP contribution in [0.5, 0.6) is 5.75 Å². The van der Waals surface area contributed by atoms with Gasteiger partial charge in [0.05, 0.1) is 12.7 Å². The first-order valence-corrected chi connectivity index (χ1v) is 6.44. The minimum absolute atomic E-state index is 0.0510. The number of likely N-dealkylation sites (N-methyl/N-ethyl adjacent to an activating group) is 1. The molecule has 3 heteroatoms. The van der Waals surface area contributed by atoms with E-state index in [-0.39, 0.29) is 18.2 Å². The average Bonchev–Trinajstić information content (AvgIpc) is 2.34. The van der Waals surface area contributed by atoms with Crippen LogP contribution in [-0.4, -0.2) is 30.4 Å². The summed E-state index contributed by atoms with van der Waals surface area (Å²) >= 11 is 0. The predicted octanol–water partition coefficient (Wildman–Crippen LogP) is 2.43. The van der Waals surface area contributed by atoms with Crippen LogP contribution in [0.15, 0.2) is 18.2 Å². The highest BCUT2D eigenvalue weighted by molar-refractivity contribution is 5.38. The quantitative estimate of drug-likeness (QED) is 0.816. The molecule has 0 radical (unpaired) electrons. The van der Waals surface area contributed by atoms with Gasteiger partial charge in [-0.15, -0.1) is 0 Å². The Labute approximate surface area is 110 Å². The highest BCUT2D eigenvalue weighted by atomic mass is 16.5. The van der Waals surface area contributed by atoms with Gasteiger partial charge in [0.25, 0.3) is 0 Å². The van der Waals surface area contributed by atoms with Gasteiger partial charge in [0.15, 0.2) is 0 Å². The van der Waals surface area contributed by atoms with Gasteiger partial charge < -0.3 is 15.2 Å². The van der Waals surface area contributed by atoms with E-state index in [0.717, 1.165) is 12.2 Å². The van der Waals surface area contributed by atoms with Crippen molar-refractivity contribution in [3.8, 4) is 5.75 Å². The van der Waals surface area contributed by atoms with Crippen molar-refractivity contribution in [1.29, 1.82) is 0 Å². The summed E-state index contributed by atoms with van der Waals surface area (Å²) in [6.45, 7) is 8.28. The molecule has 0 aliphatic rings. The molecule has 0 aliphatic heterocycles. The van der Waals surface area contributed by atoms with E-state index in [0.29, 0.717) is 0 Å². The molecule has 102 valence electrons. The molecule has 0 bridgehead atoms. The molecule has 18 heavy (non-hydrogen) atoms. The molecule has 2 atom stereocenters. The van der Waals surface area contributed by atoms with Crippen LogP contribution in [0.25, 0.3) is 0 Å². The van der Waals surface area contributed by atoms with Crippen molar-refractivity contribution < 1.29 is 9.84 Å². The zero-order valence-electron chi connectivity index (χ0n) is 12.1. The fourth-order valence-corrected chi connectivity index (χ4v) is 1.99. The normalized spacial score (nSPS) is 16.1. The number of benzene rings is 1. The van der Waals surface area contributed by atoms with Crippen molar-refractivity contribution in [3.05, 3.63) is 29.3 Å². The third kappa shape index (κ3) is 3.72. The van der Waals surface area contributed by atoms with E-state index in [1.54, 1.807) is 0 Å². The van der Waals surface area contributed by atoms with Gasteiger partial charge in [-0.05, 0) is 51.9 Å². The van der Waals surface area contributed by atoms with E-state index in [1.165, 1.54) is 11.1 Å². The van der Waals surface area contributed by atoms with Crippen LogP contribution in [0.1, 0.15) is 31.4 Å². The molecule has 0 aromatic heterocycles. The van der Waals surface area contributed by atoms with Gasteiger partial charge in [-0.1, -0.05) is 12.1 Å². The summed E-state index contributed by atoms with van der Waals surface area (Å²) in [5.74, 6) is 0.930. The van der Waals surface area contributed by atoms with Crippen LogP contribution in [0.2, 0.25) is 0 Å². The highest BCUT2D eigenvalue weighted by Gasteiger charge is 2.24. The first-order valence-electron chi connectivity index (χ1n) is 6.44. The van der Waals surface area contributed by atoms with Crippen molar-refractivity contribution in [1.82, 2.24) is 5.32 Å². The maximum absolute atomic E-state index is 9.38. The lowest BCUT2D eigenvalue weighted by atomic mass is 9.96. The molecule has 1 rings (SSSR count). The van der Waals surface area contributed by atoms with Gasteiger partial charge in [0.2, 0.25) is 0 Å². The molecule has 1 aromatic carbocycles. The predicted molar refractivity (Wildman–Crippen MR) is 75.2 cm³/mol. The third-order valence-corrected chi connectivity index (χ3v) is 3.57. The fourth-order valence-electron chi connectivity index (χ4n) is 1.99. The molecule has 0 aliphatic carbocycles. The highest BCUT2D eigenvalue weighted by Crippen LogP contribution is 2.23. The fraction of sp³-hybridized carbons (Fsp3) is 0.600. The zero-order chi connectivity index (χ0) is 13.8. The SMILES string of the molecule is CNC(C)(CO)CC(C)Oc1cccc(C)c1C. The Morgan fingerprint density at radius 2 is 2.06 bits per heavy atom. The van der Waals surface area contributed by atoms with Crippen LogP contribution in [0.3, 0.4) is 0 Å². The molecule has 0 spiro atoms. The first-order chi connectivity index (χ1) is 8.41. The van der Waals surface area contributed by atoms with Crippen LogP contribution in [0, 0.1) is 13.8 Å². The summed E-state index contributed by atoms with van der Waals surface area (Å²) in [5, 5.41) is 12.5. The number of hydrogen-bond acceptors (Lipinski definition) is 3. The van der Waals surface area contributed by atoms with E-state index in [1.807, 2.05) is 33.0 Å². The van der Waals surface area contributed by atoms with Crippen LogP contribution in [-0.2, 0) is 0 Å². The lowest BCUT2D eigenvalue weighted by Gasteiger charge is -2.30. The zero-order valence-corrected chi connectivity index (χ0v) is 12.1. The summed E-state index contributed by atoms with van der Waals surface area (Å²) in [6, 6.07) is 6.08. The van der Waals surface area contributed by atoms with Crippen LogP contribution >= 0.6 is 0 Å². The molecule has 1 aromatic rings. The molecule has 0 heterocycles. The molecule has 3 nitrogen and oxygen atoms in total. The Morgan fingerprint density at radius 3 is 2.61 bits per heavy atom. The topological polar surface area (TPSA) is 41.5 Å². The summed E-state index contributed by atoms with van der Waals surface area (Å²) in [4.78, 5) is 0. The molecule has 0 fully saturated rings. The Bertz CT molecular complexity index is 386. The number of nitrogens with one attached hydrogen (secondary N) is 1. The van der Waals surface area contributed by atoms with Crippen molar-refractivity contribution in [3.63, 3.8) is 0 Å². The summed E-state index contributed by atoms with van der Waals surface area (Å²) < 4.78 is 5.97. The second-order valence-corrected chi connectivity index (χ2v) is 5.30. The van der Waals surface area contributed by atoms with Gasteiger partial charge in [-0.3, -0.25) is 0 Å². The molecule has 2 unspecified atom stereocenters. The summed E-state index contributed by atoms with van der Waals surface area (Å²) in [7, 11) is 1.86. The van der Waals surface area contributed by atoms with Gasteiger partial charge >= 0.3 is 0 Å². The largest absolute Gasteiger partial charge is 0.490 e. The van der Waals surface area contributed by atoms with Gasteiger partial charge in [-0.2, -0.15) is 0 Å². The maximum atomic E-state index is 9.38. The second kappa shape index (κ2) is 6.21. The lowest BCUT2D eigenvalue weighted by molar-refractivity contribution is 0.115. The number of rotatable bonds is 6. The van der Waals surface area contributed by atoms with Crippen molar-refractivity contribution in [2.75, 3.05) is 13.7 Å². The van der Waals surface area contributed by atoms with Crippen molar-refractivity contribution in [2.24, 2.45) is 0 Å². The second-order valence-electron chi connectivity index (χ2n) is 5.30. The van der Waals surface area contributed by atoms with Gasteiger partial charge in [0.1, 0.15) is 5.75 Å². The van der Waals surface area contributed by atoms with Crippen molar-refractivity contribution in [2.45, 2.75) is 45.8 Å². The molecule has 0 saturated carbocycles. The molecule has 0 saturated heterocycles. The van der Waals surface area contributed by atoms with Gasteiger partial charge in [-0.25, -0.2) is 0 Å². The molecule has 2 N–H and O–H groups in total. The lowest BCUT2D eigenvalue weighted by Crippen LogP contribution is -2.46. The number of hydrogen-bond donors (Lipinski definition) is 2. The first kappa shape index (κ1) is 15.0. The molecular weight excluding hydrogens is 226 g/mol. The average molecular weight is 251 g/mol. The van der Waals surface area contributed by atoms with E-state index >= 15 is 0 Å². The Kier molecular flexibility index (Phi) is 5.17. The van der Waals surface area contributed by atoms with E-state index in [4.69, 9.17) is 4.74 Å². The number of ether oxygens (including phenoxy) is 1. The van der Waals surface area contributed by atoms with Crippen LogP contribution in [0.4, 0.5) is 0 Å². The third-order valence-electron chi connectivity index (χ3n) is 3.57. The monoisotopic (exact) mass is 251 g/mol. The molecule has 0 amide bonds. The van der Waals surface area contributed by atoms with Gasteiger partial charge in [0, 0.05) is 12.0 Å². The maximum Gasteiger partial charge on any atom is 0.122 e. The summed E-state index contributed by atoms with van der Waals surface area (Å²) in [6.07, 6.45) is 0.808. The molecular formula is C15H25NO2. The van der Waals surface area contributed by atoms with Crippen LogP contribution < -0.4 is 10.1 Å². The van der Waals surface area contributed by atoms with E-state index < -0.39 is 0 Å². The van der Waals surface area contributed by atoms with E-state index in [2.05, 4.69) is 25.2 Å². The minimum Gasteiger partial charge on any atom is -0.490 e. The Balaban J connectivity index is 2.70. The standard InChI is InChI=1S/C15H25NO2/c1-11-7-6-8-14(13(11)3)18-12(2)9-15(4,10-17)16-5/h6-8,12,16-17H,9-10H2,1-5H3. The smallest absolute Gasteiger partial charge is 0.122 e.